The Morgan fingerprint density at radius 3 is 2.21 bits per heavy atom. The van der Waals surface area contributed by atoms with E-state index >= 15 is 0 Å². The van der Waals surface area contributed by atoms with Gasteiger partial charge in [0.25, 0.3) is 0 Å². The first-order chi connectivity index (χ1) is 9.13. The van der Waals surface area contributed by atoms with Gasteiger partial charge in [0.2, 0.25) is 0 Å². The third-order valence-corrected chi connectivity index (χ3v) is 4.32. The summed E-state index contributed by atoms with van der Waals surface area (Å²) >= 11 is 3.62. The average molecular weight is 305 g/mol. The molecule has 1 aromatic rings. The van der Waals surface area contributed by atoms with Crippen LogP contribution < -0.4 is 5.32 Å². The molecule has 1 aromatic heterocycles. The second-order valence-corrected chi connectivity index (χ2v) is 6.42. The Kier molecular flexibility index (Phi) is 16.1. The minimum atomic E-state index is 0.558. The molecule has 4 heteroatoms. The molecule has 0 spiro atoms. The maximum atomic E-state index is 3.36. The zero-order valence-corrected chi connectivity index (χ0v) is 15.5. The molecule has 1 unspecified atom stereocenters. The van der Waals surface area contributed by atoms with Crippen LogP contribution in [0.1, 0.15) is 41.5 Å². The minimum Gasteiger partial charge on any atom is -0.315 e. The van der Waals surface area contributed by atoms with Crippen molar-refractivity contribution in [1.82, 2.24) is 9.62 Å². The van der Waals surface area contributed by atoms with E-state index in [-0.39, 0.29) is 0 Å². The van der Waals surface area contributed by atoms with E-state index in [0.29, 0.717) is 12.0 Å². The molecule has 2 nitrogen and oxygen atoms in total. The van der Waals surface area contributed by atoms with Crippen LogP contribution in [0.25, 0.3) is 0 Å². The van der Waals surface area contributed by atoms with Crippen molar-refractivity contribution >= 4 is 23.3 Å². The van der Waals surface area contributed by atoms with Crippen molar-refractivity contribution in [3.8, 4) is 0 Å². The van der Waals surface area contributed by atoms with Crippen LogP contribution in [0.5, 0.6) is 0 Å². The average Bonchev–Trinajstić information content (AvgIpc) is 2.93. The number of nitrogens with one attached hydrogen (secondary N) is 1. The summed E-state index contributed by atoms with van der Waals surface area (Å²) < 4.78 is 3.66. The minimum absolute atomic E-state index is 0.558. The quantitative estimate of drug-likeness (QED) is 0.746. The molecule has 0 aromatic carbocycles. The largest absolute Gasteiger partial charge is 0.315 e. The summed E-state index contributed by atoms with van der Waals surface area (Å²) in [5.41, 5.74) is 0. The van der Waals surface area contributed by atoms with E-state index in [9.17, 15) is 0 Å². The second-order valence-electron chi connectivity index (χ2n) is 3.97. The van der Waals surface area contributed by atoms with Gasteiger partial charge in [-0.05, 0) is 43.4 Å². The number of hydrogen-bond donors (Lipinski definition) is 1. The Balaban J connectivity index is 0. The third kappa shape index (κ3) is 10.4. The van der Waals surface area contributed by atoms with Crippen molar-refractivity contribution in [3.05, 3.63) is 17.5 Å². The standard InChI is InChI=1S/C11H20N2S2.2C2H6/c1-9(2)10(12-3)8-13(4)15-11-6-5-7-14-11;2*1-2/h5-7,9-10,12H,8H2,1-4H3;2*1-2H3. The highest BCUT2D eigenvalue weighted by Crippen LogP contribution is 2.26. The summed E-state index contributed by atoms with van der Waals surface area (Å²) in [4.78, 5) is 0. The van der Waals surface area contributed by atoms with Crippen molar-refractivity contribution in [2.75, 3.05) is 20.6 Å². The monoisotopic (exact) mass is 304 g/mol. The van der Waals surface area contributed by atoms with E-state index in [1.807, 2.05) is 46.7 Å². The molecule has 1 rings (SSSR count). The van der Waals surface area contributed by atoms with Gasteiger partial charge in [0.15, 0.2) is 0 Å². The van der Waals surface area contributed by atoms with Gasteiger partial charge < -0.3 is 5.32 Å². The first-order valence-electron chi connectivity index (χ1n) is 7.23. The van der Waals surface area contributed by atoms with Crippen LogP contribution in [0, 0.1) is 5.92 Å². The lowest BCUT2D eigenvalue weighted by Gasteiger charge is -2.25. The molecule has 1 N–H and O–H groups in total. The maximum absolute atomic E-state index is 3.36. The van der Waals surface area contributed by atoms with E-state index in [1.54, 1.807) is 11.3 Å². The zero-order chi connectivity index (χ0) is 15.3. The topological polar surface area (TPSA) is 15.3 Å². The molecule has 0 radical (unpaired) electrons. The van der Waals surface area contributed by atoms with Crippen LogP contribution in [-0.2, 0) is 0 Å². The molecule has 0 saturated carbocycles. The van der Waals surface area contributed by atoms with Crippen LogP contribution in [0.4, 0.5) is 0 Å². The van der Waals surface area contributed by atoms with Gasteiger partial charge in [-0.25, -0.2) is 4.31 Å². The first-order valence-corrected chi connectivity index (χ1v) is 8.88. The van der Waals surface area contributed by atoms with E-state index in [0.717, 1.165) is 6.54 Å². The van der Waals surface area contributed by atoms with Crippen molar-refractivity contribution in [2.24, 2.45) is 5.92 Å². The second kappa shape index (κ2) is 14.4. The Morgan fingerprint density at radius 1 is 1.26 bits per heavy atom. The van der Waals surface area contributed by atoms with Crippen LogP contribution in [0.15, 0.2) is 21.7 Å². The predicted octanol–water partition coefficient (Wildman–Crippen LogP) is 4.98. The summed E-state index contributed by atoms with van der Waals surface area (Å²) in [6.45, 7) is 13.6. The number of likely N-dealkylation sites (N-methyl/N-ethyl adjacent to an activating group) is 2. The lowest BCUT2D eigenvalue weighted by molar-refractivity contribution is 0.362. The van der Waals surface area contributed by atoms with Gasteiger partial charge in [-0.1, -0.05) is 47.6 Å². The summed E-state index contributed by atoms with van der Waals surface area (Å²) in [5.74, 6) is 0.668. The molecule has 0 fully saturated rings. The lowest BCUT2D eigenvalue weighted by atomic mass is 10.1. The van der Waals surface area contributed by atoms with Crippen molar-refractivity contribution in [2.45, 2.75) is 51.8 Å². The van der Waals surface area contributed by atoms with Gasteiger partial charge in [0.05, 0.1) is 4.21 Å². The first kappa shape index (κ1) is 21.3. The molecule has 1 heterocycles. The molecule has 0 amide bonds. The van der Waals surface area contributed by atoms with Gasteiger partial charge >= 0.3 is 0 Å². The SMILES string of the molecule is CC.CC.CNC(CN(C)Sc1cccs1)C(C)C. The highest BCUT2D eigenvalue weighted by molar-refractivity contribution is 7.98. The normalized spacial score (nSPS) is 11.5. The maximum Gasteiger partial charge on any atom is 0.0753 e. The predicted molar refractivity (Wildman–Crippen MR) is 93.2 cm³/mol. The van der Waals surface area contributed by atoms with E-state index < -0.39 is 0 Å². The van der Waals surface area contributed by atoms with Crippen LogP contribution in [-0.4, -0.2) is 31.0 Å². The smallest absolute Gasteiger partial charge is 0.0753 e. The molecule has 0 aliphatic carbocycles. The summed E-state index contributed by atoms with van der Waals surface area (Å²) in [6.07, 6.45) is 0. The zero-order valence-electron chi connectivity index (χ0n) is 13.9. The molecular formula is C15H32N2S2. The van der Waals surface area contributed by atoms with Crippen molar-refractivity contribution < 1.29 is 0 Å². The number of thiophene rings is 1. The summed E-state index contributed by atoms with van der Waals surface area (Å²) in [6, 6.07) is 4.82. The van der Waals surface area contributed by atoms with E-state index in [2.05, 4.69) is 48.0 Å². The summed E-state index contributed by atoms with van der Waals surface area (Å²) in [5, 5.41) is 5.48. The van der Waals surface area contributed by atoms with Crippen LogP contribution in [0.2, 0.25) is 0 Å². The molecule has 114 valence electrons. The Labute approximate surface area is 129 Å². The molecule has 0 aliphatic rings. The van der Waals surface area contributed by atoms with Gasteiger partial charge in [0.1, 0.15) is 0 Å². The Hall–Kier alpha value is -0.0300. The fraction of sp³-hybridized carbons (Fsp3) is 0.733. The van der Waals surface area contributed by atoms with E-state index in [4.69, 9.17) is 0 Å². The van der Waals surface area contributed by atoms with E-state index in [1.165, 1.54) is 4.21 Å². The molecule has 19 heavy (non-hydrogen) atoms. The van der Waals surface area contributed by atoms with Crippen LogP contribution >= 0.6 is 23.3 Å². The number of hydrogen-bond acceptors (Lipinski definition) is 4. The number of nitrogens with zero attached hydrogens (tertiary/aromatic N) is 1. The van der Waals surface area contributed by atoms with Crippen molar-refractivity contribution in [3.63, 3.8) is 0 Å². The van der Waals surface area contributed by atoms with Gasteiger partial charge in [-0.3, -0.25) is 0 Å². The number of rotatable bonds is 6. The molecule has 0 aliphatic heterocycles. The molecule has 0 saturated heterocycles. The highest BCUT2D eigenvalue weighted by atomic mass is 32.2. The Morgan fingerprint density at radius 2 is 1.84 bits per heavy atom. The third-order valence-electron chi connectivity index (χ3n) is 2.37. The molecule has 0 bridgehead atoms. The molecular weight excluding hydrogens is 272 g/mol. The highest BCUT2D eigenvalue weighted by Gasteiger charge is 2.14. The van der Waals surface area contributed by atoms with Crippen molar-refractivity contribution in [1.29, 1.82) is 0 Å². The van der Waals surface area contributed by atoms with Gasteiger partial charge in [0, 0.05) is 12.6 Å². The molecule has 1 atom stereocenters. The fourth-order valence-electron chi connectivity index (χ4n) is 1.42. The fourth-order valence-corrected chi connectivity index (χ4v) is 3.27. The van der Waals surface area contributed by atoms with Gasteiger partial charge in [-0.15, -0.1) is 11.3 Å². The van der Waals surface area contributed by atoms with Gasteiger partial charge in [-0.2, -0.15) is 0 Å². The van der Waals surface area contributed by atoms with Crippen LogP contribution in [0.3, 0.4) is 0 Å². The lowest BCUT2D eigenvalue weighted by Crippen LogP contribution is -2.39. The summed E-state index contributed by atoms with van der Waals surface area (Å²) in [7, 11) is 4.19. The Bertz CT molecular complexity index is 261.